The molecule has 1 saturated heterocycles. The fourth-order valence-corrected chi connectivity index (χ4v) is 2.58. The highest BCUT2D eigenvalue weighted by atomic mass is 19.1. The minimum Gasteiger partial charge on any atom is -0.369 e. The van der Waals surface area contributed by atoms with Crippen LogP contribution >= 0.6 is 0 Å². The van der Waals surface area contributed by atoms with Gasteiger partial charge in [0.2, 0.25) is 0 Å². The van der Waals surface area contributed by atoms with E-state index in [9.17, 15) is 4.39 Å². The molecule has 0 N–H and O–H groups in total. The molecule has 1 aromatic rings. The van der Waals surface area contributed by atoms with Crippen LogP contribution in [-0.2, 0) is 9.47 Å². The topological polar surface area (TPSA) is 24.9 Å². The van der Waals surface area contributed by atoms with Gasteiger partial charge in [0.25, 0.3) is 0 Å². The molecular weight excluding hydrogens is 271 g/mol. The van der Waals surface area contributed by atoms with Crippen LogP contribution in [0.25, 0.3) is 0 Å². The van der Waals surface area contributed by atoms with Crippen LogP contribution in [0.3, 0.4) is 0 Å². The molecule has 0 spiro atoms. The lowest BCUT2D eigenvalue weighted by atomic mass is 10.2. The summed E-state index contributed by atoms with van der Waals surface area (Å²) in [5, 5.41) is 0. The van der Waals surface area contributed by atoms with Crippen LogP contribution in [0.4, 0.5) is 10.1 Å². The van der Waals surface area contributed by atoms with E-state index in [4.69, 9.17) is 9.47 Å². The van der Waals surface area contributed by atoms with E-state index in [-0.39, 0.29) is 12.1 Å². The fourth-order valence-electron chi connectivity index (χ4n) is 2.58. The van der Waals surface area contributed by atoms with Crippen molar-refractivity contribution in [3.8, 4) is 0 Å². The highest BCUT2D eigenvalue weighted by molar-refractivity contribution is 5.46. The highest BCUT2D eigenvalue weighted by Gasteiger charge is 2.20. The average molecular weight is 296 g/mol. The lowest BCUT2D eigenvalue weighted by molar-refractivity contribution is -0.147. The molecule has 1 aliphatic heterocycles. The van der Waals surface area contributed by atoms with E-state index in [2.05, 4.69) is 9.80 Å². The van der Waals surface area contributed by atoms with E-state index in [1.165, 1.54) is 12.1 Å². The lowest BCUT2D eigenvalue weighted by Gasteiger charge is -2.37. The van der Waals surface area contributed by atoms with Crippen molar-refractivity contribution in [2.45, 2.75) is 20.1 Å². The molecule has 0 atom stereocenters. The standard InChI is InChI=1S/C16H25FN2O2/c1-3-20-16(21-4-2)13-18-9-11-19(12-10-18)15-7-5-14(17)6-8-15/h5-8,16H,3-4,9-13H2,1-2H3. The molecule has 1 fully saturated rings. The van der Waals surface area contributed by atoms with Crippen molar-refractivity contribution in [2.75, 3.05) is 50.8 Å². The summed E-state index contributed by atoms with van der Waals surface area (Å²) in [6.07, 6.45) is -0.141. The first-order valence-electron chi connectivity index (χ1n) is 7.69. The quantitative estimate of drug-likeness (QED) is 0.721. The number of rotatable bonds is 7. The van der Waals surface area contributed by atoms with Gasteiger partial charge >= 0.3 is 0 Å². The SMILES string of the molecule is CCOC(CN1CCN(c2ccc(F)cc2)CC1)OCC. The number of hydrogen-bond acceptors (Lipinski definition) is 4. The van der Waals surface area contributed by atoms with Gasteiger partial charge in [-0.05, 0) is 38.1 Å². The number of ether oxygens (including phenoxy) is 2. The van der Waals surface area contributed by atoms with Gasteiger partial charge in [0, 0.05) is 51.6 Å². The van der Waals surface area contributed by atoms with Crippen molar-refractivity contribution in [1.82, 2.24) is 4.90 Å². The molecule has 0 bridgehead atoms. The number of piperazine rings is 1. The van der Waals surface area contributed by atoms with Crippen molar-refractivity contribution in [3.63, 3.8) is 0 Å². The molecule has 0 aliphatic carbocycles. The molecule has 21 heavy (non-hydrogen) atoms. The molecule has 0 aromatic heterocycles. The normalized spacial score (nSPS) is 16.7. The number of anilines is 1. The molecule has 1 heterocycles. The maximum Gasteiger partial charge on any atom is 0.170 e. The van der Waals surface area contributed by atoms with Crippen LogP contribution < -0.4 is 4.90 Å². The Morgan fingerprint density at radius 3 is 2.10 bits per heavy atom. The van der Waals surface area contributed by atoms with Crippen LogP contribution in [0.15, 0.2) is 24.3 Å². The first-order chi connectivity index (χ1) is 10.2. The molecule has 0 radical (unpaired) electrons. The lowest BCUT2D eigenvalue weighted by Crippen LogP contribution is -2.49. The Labute approximate surface area is 126 Å². The third kappa shape index (κ3) is 4.95. The van der Waals surface area contributed by atoms with E-state index in [1.807, 2.05) is 26.0 Å². The summed E-state index contributed by atoms with van der Waals surface area (Å²) in [7, 11) is 0. The van der Waals surface area contributed by atoms with E-state index < -0.39 is 0 Å². The van der Waals surface area contributed by atoms with Gasteiger partial charge in [0.05, 0.1) is 0 Å². The fraction of sp³-hybridized carbons (Fsp3) is 0.625. The number of benzene rings is 1. The highest BCUT2D eigenvalue weighted by Crippen LogP contribution is 2.17. The molecule has 4 nitrogen and oxygen atoms in total. The first-order valence-corrected chi connectivity index (χ1v) is 7.69. The van der Waals surface area contributed by atoms with E-state index in [0.29, 0.717) is 13.2 Å². The third-order valence-electron chi connectivity index (χ3n) is 3.68. The van der Waals surface area contributed by atoms with Crippen molar-refractivity contribution in [2.24, 2.45) is 0 Å². The third-order valence-corrected chi connectivity index (χ3v) is 3.68. The second kappa shape index (κ2) is 8.32. The van der Waals surface area contributed by atoms with E-state index >= 15 is 0 Å². The Morgan fingerprint density at radius 1 is 1.00 bits per heavy atom. The second-order valence-corrected chi connectivity index (χ2v) is 5.10. The molecule has 0 amide bonds. The molecule has 2 rings (SSSR count). The van der Waals surface area contributed by atoms with Crippen molar-refractivity contribution < 1.29 is 13.9 Å². The molecule has 5 heteroatoms. The largest absolute Gasteiger partial charge is 0.369 e. The second-order valence-electron chi connectivity index (χ2n) is 5.10. The summed E-state index contributed by atoms with van der Waals surface area (Å²) < 4.78 is 24.1. The van der Waals surface area contributed by atoms with Gasteiger partial charge in [0.15, 0.2) is 6.29 Å². The van der Waals surface area contributed by atoms with Crippen molar-refractivity contribution >= 4 is 5.69 Å². The summed E-state index contributed by atoms with van der Waals surface area (Å²) in [6, 6.07) is 6.71. The minimum atomic E-state index is -0.186. The number of halogens is 1. The van der Waals surface area contributed by atoms with E-state index in [0.717, 1.165) is 38.4 Å². The summed E-state index contributed by atoms with van der Waals surface area (Å²) in [5.41, 5.74) is 1.09. The number of hydrogen-bond donors (Lipinski definition) is 0. The zero-order valence-corrected chi connectivity index (χ0v) is 12.9. The monoisotopic (exact) mass is 296 g/mol. The summed E-state index contributed by atoms with van der Waals surface area (Å²) in [6.45, 7) is 9.92. The molecule has 118 valence electrons. The molecular formula is C16H25FN2O2. The van der Waals surface area contributed by atoms with Crippen LogP contribution in [0.1, 0.15) is 13.8 Å². The van der Waals surface area contributed by atoms with Gasteiger partial charge in [-0.25, -0.2) is 4.39 Å². The predicted octanol–water partition coefficient (Wildman–Crippen LogP) is 2.35. The van der Waals surface area contributed by atoms with Crippen LogP contribution in [0.2, 0.25) is 0 Å². The maximum atomic E-state index is 12.9. The molecule has 0 saturated carbocycles. The Morgan fingerprint density at radius 2 is 1.57 bits per heavy atom. The maximum absolute atomic E-state index is 12.9. The zero-order valence-electron chi connectivity index (χ0n) is 12.9. The van der Waals surface area contributed by atoms with Gasteiger partial charge in [-0.15, -0.1) is 0 Å². The van der Waals surface area contributed by atoms with Gasteiger partial charge < -0.3 is 14.4 Å². The van der Waals surface area contributed by atoms with Crippen LogP contribution in [0.5, 0.6) is 0 Å². The average Bonchev–Trinajstić information content (AvgIpc) is 2.49. The Bertz CT molecular complexity index is 399. The molecule has 1 aliphatic rings. The summed E-state index contributed by atoms with van der Waals surface area (Å²) in [4.78, 5) is 4.64. The Balaban J connectivity index is 1.80. The summed E-state index contributed by atoms with van der Waals surface area (Å²) >= 11 is 0. The molecule has 0 unspecified atom stereocenters. The summed E-state index contributed by atoms with van der Waals surface area (Å²) in [5.74, 6) is -0.186. The van der Waals surface area contributed by atoms with Gasteiger partial charge in [-0.1, -0.05) is 0 Å². The van der Waals surface area contributed by atoms with Crippen molar-refractivity contribution in [1.29, 1.82) is 0 Å². The zero-order chi connectivity index (χ0) is 15.1. The minimum absolute atomic E-state index is 0.141. The first kappa shape index (κ1) is 16.2. The van der Waals surface area contributed by atoms with E-state index in [1.54, 1.807) is 0 Å². The van der Waals surface area contributed by atoms with Crippen LogP contribution in [-0.4, -0.2) is 57.1 Å². The predicted molar refractivity (Wildman–Crippen MR) is 82.1 cm³/mol. The number of nitrogens with zero attached hydrogens (tertiary/aromatic N) is 2. The van der Waals surface area contributed by atoms with Gasteiger partial charge in [0.1, 0.15) is 5.82 Å². The van der Waals surface area contributed by atoms with Gasteiger partial charge in [-0.3, -0.25) is 4.90 Å². The van der Waals surface area contributed by atoms with Crippen molar-refractivity contribution in [3.05, 3.63) is 30.1 Å². The smallest absolute Gasteiger partial charge is 0.170 e. The Hall–Kier alpha value is -1.17. The Kier molecular flexibility index (Phi) is 6.42. The van der Waals surface area contributed by atoms with Crippen LogP contribution in [0, 0.1) is 5.82 Å². The molecule has 1 aromatic carbocycles. The van der Waals surface area contributed by atoms with Gasteiger partial charge in [-0.2, -0.15) is 0 Å².